The molecule has 1 aromatic carbocycles. The van der Waals surface area contributed by atoms with Crippen LogP contribution in [0.2, 0.25) is 0 Å². The molecule has 0 bridgehead atoms. The number of hydrogen-bond acceptors (Lipinski definition) is 11. The number of aromatic nitrogens is 1. The maximum Gasteiger partial charge on any atom is 0.329 e. The summed E-state index contributed by atoms with van der Waals surface area (Å²) in [7, 11) is -2.37. The van der Waals surface area contributed by atoms with Crippen molar-refractivity contribution in [2.75, 3.05) is 77.8 Å². The molecule has 4 N–H and O–H groups in total. The number of amides is 2. The first-order valence-electron chi connectivity index (χ1n) is 12.4. The van der Waals surface area contributed by atoms with Crippen molar-refractivity contribution in [2.45, 2.75) is 4.90 Å². The van der Waals surface area contributed by atoms with E-state index in [1.165, 1.54) is 49.7 Å². The van der Waals surface area contributed by atoms with Crippen molar-refractivity contribution >= 4 is 33.6 Å². The summed E-state index contributed by atoms with van der Waals surface area (Å²) in [6.07, 6.45) is 1.25. The molecule has 15 nitrogen and oxygen atoms in total. The fourth-order valence-corrected chi connectivity index (χ4v) is 3.96. The lowest BCUT2D eigenvalue weighted by Gasteiger charge is -2.09. The Morgan fingerprint density at radius 2 is 1.41 bits per heavy atom. The Bertz CT molecular complexity index is 1190. The lowest BCUT2D eigenvalue weighted by Crippen LogP contribution is -2.31. The Morgan fingerprint density at radius 1 is 0.805 bits per heavy atom. The van der Waals surface area contributed by atoms with Gasteiger partial charge in [-0.15, -0.1) is 0 Å². The van der Waals surface area contributed by atoms with Gasteiger partial charge in [-0.1, -0.05) is 0 Å². The number of carbonyl (C=O) groups is 3. The monoisotopic (exact) mass is 598 g/mol. The first-order chi connectivity index (χ1) is 19.7. The molecular formula is C25H34N4O11S. The minimum atomic E-state index is -3.86. The minimum Gasteiger partial charge on any atom is -0.497 e. The predicted molar refractivity (Wildman–Crippen MR) is 144 cm³/mol. The molecule has 226 valence electrons. The summed E-state index contributed by atoms with van der Waals surface area (Å²) in [5, 5.41) is 13.7. The lowest BCUT2D eigenvalue weighted by molar-refractivity contribution is -0.142. The van der Waals surface area contributed by atoms with E-state index in [0.29, 0.717) is 5.75 Å². The van der Waals surface area contributed by atoms with Crippen LogP contribution >= 0.6 is 0 Å². The fraction of sp³-hybridized carbons (Fsp3) is 0.440. The van der Waals surface area contributed by atoms with Crippen molar-refractivity contribution in [3.05, 3.63) is 48.2 Å². The molecule has 0 aliphatic rings. The van der Waals surface area contributed by atoms with Gasteiger partial charge in [0, 0.05) is 19.3 Å². The van der Waals surface area contributed by atoms with Crippen molar-refractivity contribution in [1.29, 1.82) is 0 Å². The average molecular weight is 599 g/mol. The quantitative estimate of drug-likeness (QED) is 0.139. The molecule has 0 saturated carbocycles. The van der Waals surface area contributed by atoms with Crippen molar-refractivity contribution in [2.24, 2.45) is 0 Å². The Hall–Kier alpha value is -3.83. The van der Waals surface area contributed by atoms with Crippen molar-refractivity contribution < 1.29 is 51.6 Å². The van der Waals surface area contributed by atoms with Crippen LogP contribution < -0.4 is 20.1 Å². The van der Waals surface area contributed by atoms with Gasteiger partial charge in [0.1, 0.15) is 24.8 Å². The molecule has 2 aromatic rings. The molecule has 0 unspecified atom stereocenters. The highest BCUT2D eigenvalue weighted by Crippen LogP contribution is 2.18. The number of ether oxygens (including phenoxy) is 5. The zero-order valence-corrected chi connectivity index (χ0v) is 23.3. The number of sulfonamides is 1. The Labute approximate surface area is 237 Å². The maximum atomic E-state index is 12.5. The van der Waals surface area contributed by atoms with Crippen molar-refractivity contribution in [3.63, 3.8) is 0 Å². The summed E-state index contributed by atoms with van der Waals surface area (Å²) in [5.41, 5.74) is 0.240. The Balaban J connectivity index is 1.52. The van der Waals surface area contributed by atoms with E-state index in [1.807, 2.05) is 0 Å². The summed E-state index contributed by atoms with van der Waals surface area (Å²) < 4.78 is 52.9. The Kier molecular flexibility index (Phi) is 15.1. The third-order valence-corrected chi connectivity index (χ3v) is 6.31. The van der Waals surface area contributed by atoms with E-state index in [0.717, 1.165) is 0 Å². The normalized spacial score (nSPS) is 11.0. The van der Waals surface area contributed by atoms with Crippen LogP contribution in [0.5, 0.6) is 5.75 Å². The van der Waals surface area contributed by atoms with Crippen molar-refractivity contribution in [3.8, 4) is 5.75 Å². The molecule has 0 aliphatic heterocycles. The van der Waals surface area contributed by atoms with Gasteiger partial charge in [0.05, 0.1) is 57.2 Å². The summed E-state index contributed by atoms with van der Waals surface area (Å²) in [4.78, 5) is 38.2. The average Bonchev–Trinajstić information content (AvgIpc) is 2.95. The van der Waals surface area contributed by atoms with Crippen molar-refractivity contribution in [1.82, 2.24) is 15.6 Å². The number of nitrogens with one attached hydrogen (secondary N) is 3. The number of carboxylic acids is 1. The minimum absolute atomic E-state index is 0.0386. The SMILES string of the molecule is COc1ccc(S(=O)(=O)Nc2ccc(C(=O)NCCOCCOCC(=O)NCCOCCOCC(=O)O)cn2)cc1. The molecule has 0 atom stereocenters. The molecule has 2 amide bonds. The van der Waals surface area contributed by atoms with E-state index < -0.39 is 21.9 Å². The molecule has 0 radical (unpaired) electrons. The highest BCUT2D eigenvalue weighted by Gasteiger charge is 2.15. The molecule has 41 heavy (non-hydrogen) atoms. The van der Waals surface area contributed by atoms with Gasteiger partial charge in [-0.3, -0.25) is 14.3 Å². The van der Waals surface area contributed by atoms with Crippen LogP contribution in [0.25, 0.3) is 0 Å². The summed E-state index contributed by atoms with van der Waals surface area (Å²) in [6, 6.07) is 8.69. The number of nitrogens with zero attached hydrogens (tertiary/aromatic N) is 1. The van der Waals surface area contributed by atoms with Crippen LogP contribution in [-0.2, 0) is 38.6 Å². The number of methoxy groups -OCH3 is 1. The highest BCUT2D eigenvalue weighted by molar-refractivity contribution is 7.92. The smallest absolute Gasteiger partial charge is 0.329 e. The third kappa shape index (κ3) is 13.9. The second-order valence-electron chi connectivity index (χ2n) is 8.04. The fourth-order valence-electron chi connectivity index (χ4n) is 2.96. The topological polar surface area (TPSA) is 201 Å². The first-order valence-corrected chi connectivity index (χ1v) is 13.9. The van der Waals surface area contributed by atoms with E-state index in [4.69, 9.17) is 28.8 Å². The van der Waals surface area contributed by atoms with Crippen LogP contribution in [0.3, 0.4) is 0 Å². The van der Waals surface area contributed by atoms with E-state index in [9.17, 15) is 22.8 Å². The van der Waals surface area contributed by atoms with Gasteiger partial charge in [-0.05, 0) is 36.4 Å². The van der Waals surface area contributed by atoms with Gasteiger partial charge in [-0.2, -0.15) is 0 Å². The first kappa shape index (κ1) is 33.4. The summed E-state index contributed by atoms with van der Waals surface area (Å²) >= 11 is 0. The second-order valence-corrected chi connectivity index (χ2v) is 9.73. The molecular weight excluding hydrogens is 564 g/mol. The van der Waals surface area contributed by atoms with Crippen LogP contribution in [0.4, 0.5) is 5.82 Å². The zero-order chi connectivity index (χ0) is 29.9. The maximum absolute atomic E-state index is 12.5. The number of carbonyl (C=O) groups excluding carboxylic acids is 2. The summed E-state index contributed by atoms with van der Waals surface area (Å²) in [6.45, 7) is 1.17. The van der Waals surface area contributed by atoms with Gasteiger partial charge >= 0.3 is 5.97 Å². The van der Waals surface area contributed by atoms with E-state index in [2.05, 4.69) is 20.3 Å². The Morgan fingerprint density at radius 3 is 2.00 bits per heavy atom. The van der Waals surface area contributed by atoms with Gasteiger partial charge in [-0.25, -0.2) is 18.2 Å². The number of rotatable bonds is 21. The molecule has 0 spiro atoms. The van der Waals surface area contributed by atoms with Gasteiger partial charge < -0.3 is 39.4 Å². The summed E-state index contributed by atoms with van der Waals surface area (Å²) in [5.74, 6) is -1.20. The standard InChI is InChI=1S/C25H34N4O11S/c1-36-20-3-5-21(6-4-20)41(34,35)29-22-7-2-19(16-28-22)25(33)27-9-11-38-12-14-39-17-23(30)26-8-10-37-13-15-40-18-24(31)32/h2-7,16H,8-15,17-18H2,1H3,(H,26,30)(H,27,33)(H,28,29)(H,31,32). The van der Waals surface area contributed by atoms with Crippen LogP contribution in [0.15, 0.2) is 47.5 Å². The third-order valence-electron chi connectivity index (χ3n) is 4.94. The largest absolute Gasteiger partial charge is 0.497 e. The highest BCUT2D eigenvalue weighted by atomic mass is 32.2. The van der Waals surface area contributed by atoms with Crippen LogP contribution in [0, 0.1) is 0 Å². The molecule has 1 aromatic heterocycles. The molecule has 1 heterocycles. The van der Waals surface area contributed by atoms with Crippen LogP contribution in [-0.4, -0.2) is 109 Å². The molecule has 0 saturated heterocycles. The van der Waals surface area contributed by atoms with E-state index in [1.54, 1.807) is 0 Å². The number of anilines is 1. The number of aliphatic carboxylic acids is 1. The number of benzene rings is 1. The lowest BCUT2D eigenvalue weighted by atomic mass is 10.2. The van der Waals surface area contributed by atoms with E-state index >= 15 is 0 Å². The second kappa shape index (κ2) is 18.5. The molecule has 16 heteroatoms. The van der Waals surface area contributed by atoms with Gasteiger partial charge in [0.25, 0.3) is 15.9 Å². The number of hydrogen-bond donors (Lipinski definition) is 4. The van der Waals surface area contributed by atoms with E-state index in [-0.39, 0.29) is 88.1 Å². The van der Waals surface area contributed by atoms with Crippen LogP contribution in [0.1, 0.15) is 10.4 Å². The molecule has 0 aliphatic carbocycles. The molecule has 0 fully saturated rings. The number of pyridine rings is 1. The zero-order valence-electron chi connectivity index (χ0n) is 22.5. The predicted octanol–water partition coefficient (Wildman–Crippen LogP) is -0.112. The number of carboxylic acid groups (broad SMARTS) is 1. The molecule has 2 rings (SSSR count). The van der Waals surface area contributed by atoms with Gasteiger partial charge in [0.15, 0.2) is 0 Å². The van der Waals surface area contributed by atoms with Gasteiger partial charge in [0.2, 0.25) is 5.91 Å².